The zero-order chi connectivity index (χ0) is 14.4. The summed E-state index contributed by atoms with van der Waals surface area (Å²) in [4.78, 5) is 15.9. The lowest BCUT2D eigenvalue weighted by Crippen LogP contribution is -2.32. The Morgan fingerprint density at radius 3 is 3.00 bits per heavy atom. The van der Waals surface area contributed by atoms with E-state index in [9.17, 15) is 4.79 Å². The molecule has 0 bridgehead atoms. The van der Waals surface area contributed by atoms with Crippen molar-refractivity contribution in [2.24, 2.45) is 0 Å². The second kappa shape index (κ2) is 7.21. The van der Waals surface area contributed by atoms with E-state index in [0.29, 0.717) is 19.0 Å². The second-order valence-corrected chi connectivity index (χ2v) is 5.05. The molecule has 1 heterocycles. The molecule has 0 spiro atoms. The topological polar surface area (TPSA) is 63.2 Å². The van der Waals surface area contributed by atoms with Gasteiger partial charge < -0.3 is 15.4 Å². The van der Waals surface area contributed by atoms with Crippen LogP contribution in [0, 0.1) is 0 Å². The summed E-state index contributed by atoms with van der Waals surface area (Å²) >= 11 is 3.50. The fourth-order valence-corrected chi connectivity index (χ4v) is 2.33. The molecule has 0 saturated heterocycles. The molecule has 0 aliphatic heterocycles. The maximum Gasteiger partial charge on any atom is 0.239 e. The summed E-state index contributed by atoms with van der Waals surface area (Å²) in [5.41, 5.74) is 0. The van der Waals surface area contributed by atoms with Gasteiger partial charge >= 0.3 is 0 Å². The molecule has 106 valence electrons. The van der Waals surface area contributed by atoms with Gasteiger partial charge in [-0.25, -0.2) is 4.98 Å². The van der Waals surface area contributed by atoms with Crippen LogP contribution in [0.15, 0.2) is 34.9 Å². The molecule has 5 nitrogen and oxygen atoms in total. The van der Waals surface area contributed by atoms with E-state index in [1.54, 1.807) is 13.3 Å². The predicted molar refractivity (Wildman–Crippen MR) is 82.8 cm³/mol. The number of methoxy groups -OCH3 is 1. The van der Waals surface area contributed by atoms with Crippen LogP contribution < -0.4 is 10.6 Å². The highest BCUT2D eigenvalue weighted by Gasteiger charge is 2.06. The number of hydrogen-bond acceptors (Lipinski definition) is 4. The van der Waals surface area contributed by atoms with E-state index in [1.807, 2.05) is 24.3 Å². The first-order valence-corrected chi connectivity index (χ1v) is 7.04. The summed E-state index contributed by atoms with van der Waals surface area (Å²) in [6, 6.07) is 7.82. The summed E-state index contributed by atoms with van der Waals surface area (Å²) in [5.74, 6) is 0.613. The van der Waals surface area contributed by atoms with Crippen molar-refractivity contribution in [1.29, 1.82) is 0 Å². The largest absolute Gasteiger partial charge is 0.383 e. The molecule has 1 aromatic carbocycles. The van der Waals surface area contributed by atoms with Crippen LogP contribution in [0.3, 0.4) is 0 Å². The monoisotopic (exact) mass is 337 g/mol. The van der Waals surface area contributed by atoms with Crippen LogP contribution in [0.25, 0.3) is 10.8 Å². The smallest absolute Gasteiger partial charge is 0.239 e. The first-order chi connectivity index (χ1) is 9.72. The minimum atomic E-state index is -0.0872. The van der Waals surface area contributed by atoms with E-state index < -0.39 is 0 Å². The second-order valence-electron chi connectivity index (χ2n) is 4.19. The lowest BCUT2D eigenvalue weighted by molar-refractivity contribution is -0.119. The number of benzene rings is 1. The normalized spacial score (nSPS) is 10.5. The number of hydrogen-bond donors (Lipinski definition) is 2. The van der Waals surface area contributed by atoms with Crippen molar-refractivity contribution < 1.29 is 9.53 Å². The Bertz CT molecular complexity index is 604. The van der Waals surface area contributed by atoms with Gasteiger partial charge in [-0.15, -0.1) is 0 Å². The Kier molecular flexibility index (Phi) is 5.31. The first kappa shape index (κ1) is 14.7. The summed E-state index contributed by atoms with van der Waals surface area (Å²) < 4.78 is 5.88. The van der Waals surface area contributed by atoms with E-state index in [2.05, 4.69) is 31.5 Å². The number of anilines is 1. The molecule has 0 atom stereocenters. The quantitative estimate of drug-likeness (QED) is 0.793. The number of ether oxygens (including phenoxy) is 1. The van der Waals surface area contributed by atoms with Crippen LogP contribution in [0.5, 0.6) is 0 Å². The van der Waals surface area contributed by atoms with Crippen molar-refractivity contribution in [3.05, 3.63) is 34.9 Å². The van der Waals surface area contributed by atoms with Gasteiger partial charge in [0.1, 0.15) is 5.82 Å². The standard InChI is InChI=1S/C14H16BrN3O2/c1-20-8-7-16-13(19)9-18-14-11-3-2-4-12(15)10(11)5-6-17-14/h2-6H,7-9H2,1H3,(H,16,19)(H,17,18). The highest BCUT2D eigenvalue weighted by Crippen LogP contribution is 2.27. The molecule has 0 aliphatic rings. The minimum absolute atomic E-state index is 0.0872. The Hall–Kier alpha value is -1.66. The summed E-state index contributed by atoms with van der Waals surface area (Å²) in [5, 5.41) is 7.84. The molecule has 0 fully saturated rings. The van der Waals surface area contributed by atoms with Crippen molar-refractivity contribution >= 4 is 38.4 Å². The number of fused-ring (bicyclic) bond motifs is 1. The van der Waals surface area contributed by atoms with Crippen molar-refractivity contribution in [2.45, 2.75) is 0 Å². The van der Waals surface area contributed by atoms with Crippen LogP contribution in [0.4, 0.5) is 5.82 Å². The number of aromatic nitrogens is 1. The number of rotatable bonds is 6. The van der Waals surface area contributed by atoms with Crippen molar-refractivity contribution in [2.75, 3.05) is 32.1 Å². The molecule has 0 saturated carbocycles. The maximum atomic E-state index is 11.6. The predicted octanol–water partition coefficient (Wildman–Crippen LogP) is 2.17. The van der Waals surface area contributed by atoms with Crippen LogP contribution in [0.2, 0.25) is 0 Å². The SMILES string of the molecule is COCCNC(=O)CNc1nccc2c(Br)cccc12. The summed E-state index contributed by atoms with van der Waals surface area (Å²) in [6.07, 6.45) is 1.72. The lowest BCUT2D eigenvalue weighted by atomic mass is 10.1. The molecule has 2 N–H and O–H groups in total. The molecule has 20 heavy (non-hydrogen) atoms. The third-order valence-corrected chi connectivity index (χ3v) is 3.49. The molecule has 0 radical (unpaired) electrons. The van der Waals surface area contributed by atoms with E-state index in [1.165, 1.54) is 0 Å². The summed E-state index contributed by atoms with van der Waals surface area (Å²) in [6.45, 7) is 1.19. The van der Waals surface area contributed by atoms with Crippen molar-refractivity contribution in [3.63, 3.8) is 0 Å². The number of pyridine rings is 1. The van der Waals surface area contributed by atoms with Gasteiger partial charge in [-0.3, -0.25) is 4.79 Å². The highest BCUT2D eigenvalue weighted by molar-refractivity contribution is 9.10. The van der Waals surface area contributed by atoms with Crippen molar-refractivity contribution in [1.82, 2.24) is 10.3 Å². The molecule has 2 rings (SSSR count). The third-order valence-electron chi connectivity index (χ3n) is 2.80. The van der Waals surface area contributed by atoms with E-state index in [-0.39, 0.29) is 12.5 Å². The van der Waals surface area contributed by atoms with E-state index in [4.69, 9.17) is 4.74 Å². The van der Waals surface area contributed by atoms with Gasteiger partial charge in [-0.05, 0) is 12.1 Å². The van der Waals surface area contributed by atoms with Crippen LogP contribution in [-0.2, 0) is 9.53 Å². The van der Waals surface area contributed by atoms with Crippen LogP contribution >= 0.6 is 15.9 Å². The molecule has 0 unspecified atom stereocenters. The Labute approximate surface area is 125 Å². The fourth-order valence-electron chi connectivity index (χ4n) is 1.83. The first-order valence-electron chi connectivity index (χ1n) is 6.25. The van der Waals surface area contributed by atoms with E-state index >= 15 is 0 Å². The molecule has 0 aliphatic carbocycles. The molecule has 1 aromatic heterocycles. The van der Waals surface area contributed by atoms with Crippen LogP contribution in [-0.4, -0.2) is 37.7 Å². The van der Waals surface area contributed by atoms with Gasteiger partial charge in [0.05, 0.1) is 13.2 Å². The molecule has 1 amide bonds. The Balaban J connectivity index is 2.03. The number of amides is 1. The summed E-state index contributed by atoms with van der Waals surface area (Å²) in [7, 11) is 1.60. The average Bonchev–Trinajstić information content (AvgIpc) is 2.46. The zero-order valence-electron chi connectivity index (χ0n) is 11.1. The van der Waals surface area contributed by atoms with Crippen LogP contribution in [0.1, 0.15) is 0 Å². The minimum Gasteiger partial charge on any atom is -0.383 e. The van der Waals surface area contributed by atoms with Gasteiger partial charge in [-0.2, -0.15) is 0 Å². The zero-order valence-corrected chi connectivity index (χ0v) is 12.7. The van der Waals surface area contributed by atoms with Crippen molar-refractivity contribution in [3.8, 4) is 0 Å². The Morgan fingerprint density at radius 2 is 2.20 bits per heavy atom. The molecule has 6 heteroatoms. The lowest BCUT2D eigenvalue weighted by Gasteiger charge is -2.09. The number of carbonyl (C=O) groups excluding carboxylic acids is 1. The van der Waals surface area contributed by atoms with Gasteiger partial charge in [-0.1, -0.05) is 28.1 Å². The average molecular weight is 338 g/mol. The van der Waals surface area contributed by atoms with Gasteiger partial charge in [0.2, 0.25) is 5.91 Å². The van der Waals surface area contributed by atoms with Gasteiger partial charge in [0, 0.05) is 35.1 Å². The highest BCUT2D eigenvalue weighted by atomic mass is 79.9. The van der Waals surface area contributed by atoms with Gasteiger partial charge in [0.15, 0.2) is 0 Å². The molecular formula is C14H16BrN3O2. The third kappa shape index (κ3) is 3.68. The van der Waals surface area contributed by atoms with Gasteiger partial charge in [0.25, 0.3) is 0 Å². The number of carbonyl (C=O) groups is 1. The fraction of sp³-hybridized carbons (Fsp3) is 0.286. The number of halogens is 1. The number of nitrogens with zero attached hydrogens (tertiary/aromatic N) is 1. The number of nitrogens with one attached hydrogen (secondary N) is 2. The van der Waals surface area contributed by atoms with E-state index in [0.717, 1.165) is 15.2 Å². The molecular weight excluding hydrogens is 322 g/mol. The maximum absolute atomic E-state index is 11.6. The Morgan fingerprint density at radius 1 is 1.35 bits per heavy atom. The molecule has 2 aromatic rings.